The Morgan fingerprint density at radius 1 is 0.689 bits per heavy atom. The van der Waals surface area contributed by atoms with E-state index in [1.54, 1.807) is 18.2 Å². The van der Waals surface area contributed by atoms with E-state index in [9.17, 15) is 31.6 Å². The van der Waals surface area contributed by atoms with Crippen LogP contribution in [-0.2, 0) is 0 Å². The van der Waals surface area contributed by atoms with Gasteiger partial charge in [-0.15, -0.1) is 0 Å². The van der Waals surface area contributed by atoms with Crippen LogP contribution < -0.4 is 10.1 Å². The highest BCUT2D eigenvalue weighted by atomic mass is 16.5. The lowest BCUT2D eigenvalue weighted by Crippen LogP contribution is -2.48. The van der Waals surface area contributed by atoms with Crippen molar-refractivity contribution in [2.75, 3.05) is 6.54 Å². The molecule has 3 aliphatic carbocycles. The van der Waals surface area contributed by atoms with Gasteiger partial charge in [0.25, 0.3) is 0 Å². The Bertz CT molecular complexity index is 1830. The summed E-state index contributed by atoms with van der Waals surface area (Å²) in [5.41, 5.74) is 4.29. The molecule has 5 aliphatic rings. The second-order valence-electron chi connectivity index (χ2n) is 12.2. The highest BCUT2D eigenvalue weighted by Gasteiger charge is 2.52. The molecule has 2 aromatic carbocycles. The molecule has 0 spiro atoms. The van der Waals surface area contributed by atoms with E-state index in [4.69, 9.17) is 4.74 Å². The first-order chi connectivity index (χ1) is 22.0. The van der Waals surface area contributed by atoms with E-state index < -0.39 is 0 Å². The average Bonchev–Trinajstić information content (AvgIpc) is 3.47. The molecular formula is C37H29N7O. The van der Waals surface area contributed by atoms with Gasteiger partial charge < -0.3 is 4.74 Å². The van der Waals surface area contributed by atoms with Crippen LogP contribution in [0.3, 0.4) is 0 Å². The van der Waals surface area contributed by atoms with Crippen LogP contribution >= 0.6 is 0 Å². The number of hydrogen-bond acceptors (Lipinski definition) is 8. The molecule has 218 valence electrons. The second kappa shape index (κ2) is 12.5. The molecule has 2 aliphatic heterocycles. The van der Waals surface area contributed by atoms with E-state index >= 15 is 0 Å². The highest BCUT2D eigenvalue weighted by Crippen LogP contribution is 2.60. The Morgan fingerprint density at radius 2 is 1.29 bits per heavy atom. The van der Waals surface area contributed by atoms with Gasteiger partial charge in [0.15, 0.2) is 6.23 Å². The smallest absolute Gasteiger partial charge is 0.157 e. The number of nitriles is 6. The van der Waals surface area contributed by atoms with Crippen molar-refractivity contribution in [2.24, 2.45) is 29.6 Å². The van der Waals surface area contributed by atoms with Crippen LogP contribution in [0.15, 0.2) is 77.4 Å². The summed E-state index contributed by atoms with van der Waals surface area (Å²) in [7, 11) is 0. The van der Waals surface area contributed by atoms with Crippen molar-refractivity contribution in [3.8, 4) is 53.3 Å². The maximum absolute atomic E-state index is 9.72. The topological polar surface area (TPSA) is 164 Å². The van der Waals surface area contributed by atoms with Gasteiger partial charge in [0.2, 0.25) is 0 Å². The van der Waals surface area contributed by atoms with Gasteiger partial charge in [-0.05, 0) is 90.5 Å². The molecular weight excluding hydrogens is 558 g/mol. The monoisotopic (exact) mass is 587 g/mol. The van der Waals surface area contributed by atoms with Gasteiger partial charge in [0, 0.05) is 11.5 Å². The maximum Gasteiger partial charge on any atom is 0.157 e. The summed E-state index contributed by atoms with van der Waals surface area (Å²) in [6, 6.07) is 26.6. The van der Waals surface area contributed by atoms with Gasteiger partial charge in [-0.25, -0.2) is 0 Å². The zero-order valence-corrected chi connectivity index (χ0v) is 24.5. The SMILES string of the molecule is N#CC(C#N)=CC1C(C=C(C#N)C#N)C2CCC1C(C=C(C#N)C#N)C2c1cccc(-c2ccc3c(c2)OC2NCCCC32)c1. The summed E-state index contributed by atoms with van der Waals surface area (Å²) in [6.07, 6.45) is 8.89. The maximum atomic E-state index is 9.72. The van der Waals surface area contributed by atoms with Gasteiger partial charge in [-0.2, -0.15) is 31.6 Å². The van der Waals surface area contributed by atoms with E-state index in [0.717, 1.165) is 54.7 Å². The Balaban J connectivity index is 1.45. The van der Waals surface area contributed by atoms with Crippen LogP contribution in [0, 0.1) is 97.6 Å². The number of allylic oxidation sites excluding steroid dienone is 6. The lowest BCUT2D eigenvalue weighted by molar-refractivity contribution is 0.0172. The molecule has 8 atom stereocenters. The lowest BCUT2D eigenvalue weighted by Gasteiger charge is -2.55. The van der Waals surface area contributed by atoms with Crippen molar-refractivity contribution in [3.63, 3.8) is 0 Å². The Labute approximate surface area is 263 Å². The molecule has 3 saturated carbocycles. The molecule has 0 aromatic heterocycles. The minimum Gasteiger partial charge on any atom is -0.474 e. The highest BCUT2D eigenvalue weighted by molar-refractivity contribution is 5.68. The number of nitrogens with zero attached hydrogens (tertiary/aromatic N) is 6. The molecule has 8 unspecified atom stereocenters. The summed E-state index contributed by atoms with van der Waals surface area (Å²) < 4.78 is 6.29. The molecule has 1 saturated heterocycles. The first-order valence-electron chi connectivity index (χ1n) is 15.2. The van der Waals surface area contributed by atoms with Crippen LogP contribution in [0.4, 0.5) is 0 Å². The van der Waals surface area contributed by atoms with E-state index in [2.05, 4.69) is 41.7 Å². The van der Waals surface area contributed by atoms with E-state index in [-0.39, 0.29) is 58.5 Å². The predicted molar refractivity (Wildman–Crippen MR) is 164 cm³/mol. The third kappa shape index (κ3) is 5.35. The number of rotatable bonds is 5. The first-order valence-corrected chi connectivity index (χ1v) is 15.2. The van der Waals surface area contributed by atoms with Gasteiger partial charge in [0.1, 0.15) is 58.9 Å². The predicted octanol–water partition coefficient (Wildman–Crippen LogP) is 6.43. The fraction of sp³-hybridized carbons (Fsp3) is 0.351. The summed E-state index contributed by atoms with van der Waals surface area (Å²) >= 11 is 0. The largest absolute Gasteiger partial charge is 0.474 e. The molecule has 8 heteroatoms. The molecule has 0 radical (unpaired) electrons. The van der Waals surface area contributed by atoms with Crippen LogP contribution in [-0.4, -0.2) is 12.8 Å². The number of piperidine rings is 1. The number of ether oxygens (including phenoxy) is 1. The number of fused-ring (bicyclic) bond motifs is 6. The van der Waals surface area contributed by atoms with Gasteiger partial charge >= 0.3 is 0 Å². The molecule has 2 bridgehead atoms. The van der Waals surface area contributed by atoms with E-state index in [0.29, 0.717) is 5.92 Å². The first kappa shape index (κ1) is 29.4. The Morgan fingerprint density at radius 3 is 1.96 bits per heavy atom. The normalized spacial score (nSPS) is 28.4. The van der Waals surface area contributed by atoms with Crippen molar-refractivity contribution >= 4 is 0 Å². The molecule has 2 heterocycles. The third-order valence-electron chi connectivity index (χ3n) is 10.1. The number of hydrogen-bond donors (Lipinski definition) is 1. The molecule has 8 nitrogen and oxygen atoms in total. The van der Waals surface area contributed by atoms with Gasteiger partial charge in [-0.3, -0.25) is 5.32 Å². The van der Waals surface area contributed by atoms with Crippen molar-refractivity contribution in [3.05, 3.63) is 88.5 Å². The van der Waals surface area contributed by atoms with E-state index in [1.165, 1.54) is 5.56 Å². The lowest BCUT2D eigenvalue weighted by atomic mass is 9.48. The summed E-state index contributed by atoms with van der Waals surface area (Å²) in [4.78, 5) is 0. The van der Waals surface area contributed by atoms with Crippen LogP contribution in [0.1, 0.15) is 48.6 Å². The number of benzene rings is 2. The Hall–Kier alpha value is -5.64. The van der Waals surface area contributed by atoms with E-state index in [1.807, 2.05) is 42.5 Å². The van der Waals surface area contributed by atoms with Crippen LogP contribution in [0.5, 0.6) is 5.75 Å². The van der Waals surface area contributed by atoms with Gasteiger partial charge in [-0.1, -0.05) is 54.6 Å². The van der Waals surface area contributed by atoms with Crippen molar-refractivity contribution in [1.82, 2.24) is 5.32 Å². The van der Waals surface area contributed by atoms with Crippen LogP contribution in [0.25, 0.3) is 11.1 Å². The second-order valence-corrected chi connectivity index (χ2v) is 12.2. The van der Waals surface area contributed by atoms with Crippen LogP contribution in [0.2, 0.25) is 0 Å². The third-order valence-corrected chi connectivity index (χ3v) is 10.1. The minimum atomic E-state index is -0.319. The zero-order valence-electron chi connectivity index (χ0n) is 24.5. The molecule has 0 amide bonds. The molecule has 45 heavy (non-hydrogen) atoms. The number of nitrogens with one attached hydrogen (secondary N) is 1. The summed E-state index contributed by atoms with van der Waals surface area (Å²) in [5.74, 6) is 0.0950. The Kier molecular flexibility index (Phi) is 8.20. The summed E-state index contributed by atoms with van der Waals surface area (Å²) in [6.45, 7) is 0.952. The fourth-order valence-corrected chi connectivity index (χ4v) is 8.29. The zero-order chi connectivity index (χ0) is 31.5. The quantitative estimate of drug-likeness (QED) is 0.391. The van der Waals surface area contributed by atoms with Crippen molar-refractivity contribution < 1.29 is 4.74 Å². The van der Waals surface area contributed by atoms with Gasteiger partial charge in [0.05, 0.1) is 0 Å². The average molecular weight is 588 g/mol. The van der Waals surface area contributed by atoms with Crippen molar-refractivity contribution in [1.29, 1.82) is 31.6 Å². The van der Waals surface area contributed by atoms with Crippen molar-refractivity contribution in [2.45, 2.75) is 43.7 Å². The molecule has 4 fully saturated rings. The molecule has 7 rings (SSSR count). The fourth-order valence-electron chi connectivity index (χ4n) is 8.29. The standard InChI is InChI=1S/C37H29N7O/c38-16-22(17-39)11-32-28-8-9-30(33(32)12-23(18-40)19-41)36(34(28)13-24(20-42)21-43)27-4-1-3-25(14-27)26-6-7-29-31-5-2-10-44-37(31)45-35(29)15-26/h1,3-4,6-7,11-15,28,30-34,36-37,44H,2,5,8-10H2. The molecule has 2 aromatic rings. The molecule has 1 N–H and O–H groups in total. The minimum absolute atomic E-state index is 0.0102. The summed E-state index contributed by atoms with van der Waals surface area (Å²) in [5, 5.41) is 61.4.